The van der Waals surface area contributed by atoms with E-state index >= 15 is 0 Å². The van der Waals surface area contributed by atoms with E-state index in [2.05, 4.69) is 13.0 Å². The molecule has 11 heavy (non-hydrogen) atoms. The first-order valence-corrected chi connectivity index (χ1v) is 4.00. The van der Waals surface area contributed by atoms with E-state index in [0.717, 1.165) is 18.8 Å². The van der Waals surface area contributed by atoms with Crippen LogP contribution in [0.2, 0.25) is 5.02 Å². The van der Waals surface area contributed by atoms with E-state index in [4.69, 9.17) is 16.3 Å². The Morgan fingerprint density at radius 2 is 2.45 bits per heavy atom. The maximum absolute atomic E-state index is 5.69. The molecule has 0 spiro atoms. The molecule has 0 N–H and O–H groups in total. The summed E-state index contributed by atoms with van der Waals surface area (Å²) >= 11 is 5.69. The average Bonchev–Trinajstić information content (AvgIpc) is 2.01. The fourth-order valence-corrected chi connectivity index (χ4v) is 0.898. The highest BCUT2D eigenvalue weighted by Gasteiger charge is 1.92. The minimum Gasteiger partial charge on any atom is -0.494 e. The summed E-state index contributed by atoms with van der Waals surface area (Å²) in [6, 6.07) is 8.20. The molecule has 1 radical (unpaired) electrons. The highest BCUT2D eigenvalue weighted by atomic mass is 35.5. The molecule has 0 fully saturated rings. The molecule has 1 aromatic carbocycles. The molecule has 0 bridgehead atoms. The number of hydrogen-bond acceptors (Lipinski definition) is 1. The summed E-state index contributed by atoms with van der Waals surface area (Å²) in [7, 11) is 0. The van der Waals surface area contributed by atoms with Crippen molar-refractivity contribution >= 4 is 11.6 Å². The Morgan fingerprint density at radius 3 is 3.09 bits per heavy atom. The van der Waals surface area contributed by atoms with Crippen molar-refractivity contribution in [3.63, 3.8) is 0 Å². The Hall–Kier alpha value is -0.690. The van der Waals surface area contributed by atoms with Crippen LogP contribution in [0.15, 0.2) is 18.2 Å². The molecular weight excluding hydrogens is 160 g/mol. The predicted molar refractivity (Wildman–Crippen MR) is 46.1 cm³/mol. The van der Waals surface area contributed by atoms with Gasteiger partial charge in [0, 0.05) is 6.07 Å². The molecule has 0 saturated heterocycles. The third-order valence-electron chi connectivity index (χ3n) is 1.21. The number of benzene rings is 1. The van der Waals surface area contributed by atoms with E-state index in [9.17, 15) is 0 Å². The lowest BCUT2D eigenvalue weighted by molar-refractivity contribution is 0.317. The molecule has 1 aromatic rings. The van der Waals surface area contributed by atoms with Gasteiger partial charge in [-0.2, -0.15) is 0 Å². The van der Waals surface area contributed by atoms with Gasteiger partial charge < -0.3 is 4.74 Å². The zero-order valence-corrected chi connectivity index (χ0v) is 7.19. The van der Waals surface area contributed by atoms with Gasteiger partial charge >= 0.3 is 0 Å². The molecule has 1 nitrogen and oxygen atoms in total. The van der Waals surface area contributed by atoms with Crippen LogP contribution < -0.4 is 4.74 Å². The van der Waals surface area contributed by atoms with Crippen LogP contribution >= 0.6 is 11.6 Å². The second-order valence-electron chi connectivity index (χ2n) is 2.22. The zero-order chi connectivity index (χ0) is 8.10. The van der Waals surface area contributed by atoms with Crippen LogP contribution in [0.4, 0.5) is 0 Å². The first kappa shape index (κ1) is 8.41. The topological polar surface area (TPSA) is 9.23 Å². The Morgan fingerprint density at radius 1 is 1.64 bits per heavy atom. The monoisotopic (exact) mass is 169 g/mol. The molecule has 1 rings (SSSR count). The van der Waals surface area contributed by atoms with Gasteiger partial charge in [0.05, 0.1) is 11.6 Å². The van der Waals surface area contributed by atoms with Crippen LogP contribution in [0.1, 0.15) is 13.3 Å². The Kier molecular flexibility index (Phi) is 3.24. The van der Waals surface area contributed by atoms with Gasteiger partial charge in [0.15, 0.2) is 0 Å². The summed E-state index contributed by atoms with van der Waals surface area (Å²) in [4.78, 5) is 0. The predicted octanol–water partition coefficient (Wildman–Crippen LogP) is 2.93. The molecule has 0 unspecified atom stereocenters. The van der Waals surface area contributed by atoms with E-state index in [1.165, 1.54) is 0 Å². The maximum atomic E-state index is 5.69. The summed E-state index contributed by atoms with van der Waals surface area (Å²) in [5.74, 6) is 0.815. The first-order chi connectivity index (χ1) is 5.33. The van der Waals surface area contributed by atoms with Gasteiger partial charge in [0.1, 0.15) is 5.75 Å². The Balaban J connectivity index is 2.56. The van der Waals surface area contributed by atoms with Crippen molar-refractivity contribution in [3.8, 4) is 5.75 Å². The summed E-state index contributed by atoms with van der Waals surface area (Å²) in [5.41, 5.74) is 0. The minimum atomic E-state index is 0.596. The van der Waals surface area contributed by atoms with Crippen LogP contribution in [0.5, 0.6) is 5.75 Å². The van der Waals surface area contributed by atoms with Gasteiger partial charge in [-0.15, -0.1) is 0 Å². The third-order valence-corrected chi connectivity index (χ3v) is 1.43. The zero-order valence-electron chi connectivity index (χ0n) is 6.43. The second kappa shape index (κ2) is 4.24. The standard InChI is InChI=1S/C9H10ClO/c1-2-6-11-9-5-3-4-8(10)7-9/h3,5,7H,2,6H2,1H3. The largest absolute Gasteiger partial charge is 0.494 e. The molecule has 0 aliphatic rings. The average molecular weight is 170 g/mol. The molecule has 0 amide bonds. The molecule has 0 saturated carbocycles. The van der Waals surface area contributed by atoms with Crippen LogP contribution in [-0.4, -0.2) is 6.61 Å². The van der Waals surface area contributed by atoms with Crippen LogP contribution in [0, 0.1) is 6.07 Å². The molecule has 2 heteroatoms. The van der Waals surface area contributed by atoms with E-state index in [1.54, 1.807) is 12.1 Å². The van der Waals surface area contributed by atoms with Crippen molar-refractivity contribution in [1.29, 1.82) is 0 Å². The quantitative estimate of drug-likeness (QED) is 0.676. The number of hydrogen-bond donors (Lipinski definition) is 0. The van der Waals surface area contributed by atoms with Crippen molar-refractivity contribution < 1.29 is 4.74 Å². The maximum Gasteiger partial charge on any atom is 0.120 e. The first-order valence-electron chi connectivity index (χ1n) is 3.63. The lowest BCUT2D eigenvalue weighted by atomic mass is 10.3. The summed E-state index contributed by atoms with van der Waals surface area (Å²) < 4.78 is 5.33. The summed E-state index contributed by atoms with van der Waals surface area (Å²) in [6.07, 6.45) is 1.01. The third kappa shape index (κ3) is 2.81. The van der Waals surface area contributed by atoms with E-state index in [1.807, 2.05) is 6.07 Å². The second-order valence-corrected chi connectivity index (χ2v) is 2.63. The van der Waals surface area contributed by atoms with Gasteiger partial charge in [0.2, 0.25) is 0 Å². The van der Waals surface area contributed by atoms with Crippen molar-refractivity contribution in [2.75, 3.05) is 6.61 Å². The Labute approximate surface area is 71.9 Å². The van der Waals surface area contributed by atoms with Crippen LogP contribution in [0.25, 0.3) is 0 Å². The highest BCUT2D eigenvalue weighted by Crippen LogP contribution is 2.16. The molecule has 0 aromatic heterocycles. The molecule has 59 valence electrons. The van der Waals surface area contributed by atoms with Crippen LogP contribution in [-0.2, 0) is 0 Å². The summed E-state index contributed by atoms with van der Waals surface area (Å²) in [6.45, 7) is 2.80. The molecule has 0 aliphatic heterocycles. The van der Waals surface area contributed by atoms with Crippen molar-refractivity contribution in [1.82, 2.24) is 0 Å². The van der Waals surface area contributed by atoms with E-state index in [-0.39, 0.29) is 0 Å². The van der Waals surface area contributed by atoms with Crippen molar-refractivity contribution in [3.05, 3.63) is 29.3 Å². The van der Waals surface area contributed by atoms with Gasteiger partial charge in [0.25, 0.3) is 0 Å². The number of ether oxygens (including phenoxy) is 1. The van der Waals surface area contributed by atoms with Gasteiger partial charge in [-0.05, 0) is 24.6 Å². The lowest BCUT2D eigenvalue weighted by Gasteiger charge is -2.02. The van der Waals surface area contributed by atoms with Gasteiger partial charge in [-0.1, -0.05) is 18.5 Å². The van der Waals surface area contributed by atoms with E-state index < -0.39 is 0 Å². The normalized spacial score (nSPS) is 9.64. The fraction of sp³-hybridized carbons (Fsp3) is 0.333. The number of rotatable bonds is 3. The minimum absolute atomic E-state index is 0.596. The van der Waals surface area contributed by atoms with Crippen LogP contribution in [0.3, 0.4) is 0 Å². The molecular formula is C9H10ClO. The number of halogens is 1. The Bertz CT molecular complexity index is 223. The van der Waals surface area contributed by atoms with E-state index in [0.29, 0.717) is 5.02 Å². The van der Waals surface area contributed by atoms with Gasteiger partial charge in [-0.3, -0.25) is 0 Å². The summed E-state index contributed by atoms with van der Waals surface area (Å²) in [5, 5.41) is 0.596. The highest BCUT2D eigenvalue weighted by molar-refractivity contribution is 6.30. The van der Waals surface area contributed by atoms with Crippen molar-refractivity contribution in [2.45, 2.75) is 13.3 Å². The smallest absolute Gasteiger partial charge is 0.120 e. The molecule has 0 aliphatic carbocycles. The SMILES string of the molecule is CCCOc1cc[c]c(Cl)c1. The fourth-order valence-electron chi connectivity index (χ4n) is 0.728. The lowest BCUT2D eigenvalue weighted by Crippen LogP contribution is -1.94. The van der Waals surface area contributed by atoms with Crippen molar-refractivity contribution in [2.24, 2.45) is 0 Å². The molecule has 0 heterocycles. The van der Waals surface area contributed by atoms with Gasteiger partial charge in [-0.25, -0.2) is 0 Å². The molecule has 0 atom stereocenters.